The number of imide groups is 1. The standard InChI is InChI=1S/C12H13N3O3/c1-7(16)13-9-5-3-8(4-6-9)10-11(17)15(2)12(18)14-10/h3-6,10H,1-2H3,(H,13,16)(H,14,18). The SMILES string of the molecule is CC(=O)Nc1ccc(C2NC(=O)N(C)C2=O)cc1. The summed E-state index contributed by atoms with van der Waals surface area (Å²) in [6.45, 7) is 1.42. The molecule has 4 amide bonds. The lowest BCUT2D eigenvalue weighted by Crippen LogP contribution is -2.25. The number of benzene rings is 1. The molecule has 1 unspecified atom stereocenters. The number of rotatable bonds is 2. The maximum atomic E-state index is 11.8. The van der Waals surface area contributed by atoms with Crippen molar-refractivity contribution < 1.29 is 14.4 Å². The van der Waals surface area contributed by atoms with Crippen LogP contribution < -0.4 is 10.6 Å². The Morgan fingerprint density at radius 1 is 1.28 bits per heavy atom. The van der Waals surface area contributed by atoms with E-state index in [4.69, 9.17) is 0 Å². The van der Waals surface area contributed by atoms with Gasteiger partial charge in [-0.05, 0) is 17.7 Å². The van der Waals surface area contributed by atoms with Crippen molar-refractivity contribution in [2.24, 2.45) is 0 Å². The largest absolute Gasteiger partial charge is 0.326 e. The highest BCUT2D eigenvalue weighted by Crippen LogP contribution is 2.22. The van der Waals surface area contributed by atoms with E-state index in [2.05, 4.69) is 10.6 Å². The minimum atomic E-state index is -0.645. The molecule has 1 saturated heterocycles. The Labute approximate surface area is 104 Å². The molecule has 94 valence electrons. The molecule has 2 rings (SSSR count). The first-order valence-corrected chi connectivity index (χ1v) is 5.44. The number of nitrogens with zero attached hydrogens (tertiary/aromatic N) is 1. The van der Waals surface area contributed by atoms with Gasteiger partial charge in [-0.25, -0.2) is 4.79 Å². The van der Waals surface area contributed by atoms with Gasteiger partial charge >= 0.3 is 6.03 Å². The van der Waals surface area contributed by atoms with E-state index in [1.165, 1.54) is 14.0 Å². The Balaban J connectivity index is 2.18. The van der Waals surface area contributed by atoms with E-state index in [9.17, 15) is 14.4 Å². The van der Waals surface area contributed by atoms with Crippen LogP contribution in [0.3, 0.4) is 0 Å². The second kappa shape index (κ2) is 4.48. The molecule has 1 aliphatic heterocycles. The van der Waals surface area contributed by atoms with Gasteiger partial charge in [0.1, 0.15) is 6.04 Å². The van der Waals surface area contributed by atoms with Crippen LogP contribution in [0.15, 0.2) is 24.3 Å². The van der Waals surface area contributed by atoms with Crippen LogP contribution in [0.1, 0.15) is 18.5 Å². The summed E-state index contributed by atoms with van der Waals surface area (Å²) in [4.78, 5) is 35.0. The monoisotopic (exact) mass is 247 g/mol. The zero-order valence-corrected chi connectivity index (χ0v) is 10.1. The summed E-state index contributed by atoms with van der Waals surface area (Å²) in [7, 11) is 1.43. The molecule has 1 fully saturated rings. The van der Waals surface area contributed by atoms with Crippen molar-refractivity contribution in [1.29, 1.82) is 0 Å². The third-order valence-corrected chi connectivity index (χ3v) is 2.71. The highest BCUT2D eigenvalue weighted by Gasteiger charge is 2.36. The van der Waals surface area contributed by atoms with Crippen LogP contribution in [0.25, 0.3) is 0 Å². The fraction of sp³-hybridized carbons (Fsp3) is 0.250. The van der Waals surface area contributed by atoms with Gasteiger partial charge in [0, 0.05) is 19.7 Å². The predicted octanol–water partition coefficient (Wildman–Crippen LogP) is 0.868. The summed E-state index contributed by atoms with van der Waals surface area (Å²) < 4.78 is 0. The summed E-state index contributed by atoms with van der Waals surface area (Å²) in [6, 6.07) is 5.73. The number of urea groups is 1. The number of hydrogen-bond acceptors (Lipinski definition) is 3. The number of likely N-dealkylation sites (N-methyl/N-ethyl adjacent to an activating group) is 1. The van der Waals surface area contributed by atoms with Gasteiger partial charge in [0.25, 0.3) is 5.91 Å². The summed E-state index contributed by atoms with van der Waals surface area (Å²) in [5.41, 5.74) is 1.34. The fourth-order valence-corrected chi connectivity index (χ4v) is 1.76. The third-order valence-electron chi connectivity index (χ3n) is 2.71. The molecule has 0 aliphatic carbocycles. The number of carbonyl (C=O) groups is 3. The highest BCUT2D eigenvalue weighted by molar-refractivity contribution is 6.04. The van der Waals surface area contributed by atoms with E-state index in [0.717, 1.165) is 4.90 Å². The van der Waals surface area contributed by atoms with Crippen LogP contribution in [0.4, 0.5) is 10.5 Å². The molecule has 6 nitrogen and oxygen atoms in total. The normalized spacial score (nSPS) is 18.8. The van der Waals surface area contributed by atoms with E-state index in [0.29, 0.717) is 11.3 Å². The van der Waals surface area contributed by atoms with Gasteiger partial charge < -0.3 is 10.6 Å². The molecule has 0 radical (unpaired) electrons. The van der Waals surface area contributed by atoms with Gasteiger partial charge in [0.2, 0.25) is 5.91 Å². The summed E-state index contributed by atoms with van der Waals surface area (Å²) in [6.07, 6.45) is 0. The zero-order valence-electron chi connectivity index (χ0n) is 10.1. The molecule has 1 aromatic rings. The number of amides is 4. The van der Waals surface area contributed by atoms with Gasteiger partial charge in [-0.1, -0.05) is 12.1 Å². The highest BCUT2D eigenvalue weighted by atomic mass is 16.2. The van der Waals surface area contributed by atoms with Crippen molar-refractivity contribution in [2.45, 2.75) is 13.0 Å². The van der Waals surface area contributed by atoms with Crippen molar-refractivity contribution >= 4 is 23.5 Å². The Bertz CT molecular complexity index is 510. The molecule has 1 atom stereocenters. The molecule has 0 aromatic heterocycles. The Hall–Kier alpha value is -2.37. The first kappa shape index (κ1) is 12.1. The molecular formula is C12H13N3O3. The Kier molecular flexibility index (Phi) is 3.01. The molecule has 2 N–H and O–H groups in total. The molecule has 0 bridgehead atoms. The lowest BCUT2D eigenvalue weighted by atomic mass is 10.1. The Morgan fingerprint density at radius 3 is 2.33 bits per heavy atom. The molecule has 1 aromatic carbocycles. The average molecular weight is 247 g/mol. The van der Waals surface area contributed by atoms with E-state index in [1.54, 1.807) is 24.3 Å². The number of nitrogens with one attached hydrogen (secondary N) is 2. The lowest BCUT2D eigenvalue weighted by Gasteiger charge is -2.09. The van der Waals surface area contributed by atoms with Crippen LogP contribution in [-0.2, 0) is 9.59 Å². The zero-order chi connectivity index (χ0) is 13.3. The van der Waals surface area contributed by atoms with Gasteiger partial charge in [-0.2, -0.15) is 0 Å². The molecule has 6 heteroatoms. The van der Waals surface area contributed by atoms with E-state index in [1.807, 2.05) is 0 Å². The second-order valence-corrected chi connectivity index (χ2v) is 4.08. The minimum Gasteiger partial charge on any atom is -0.326 e. The van der Waals surface area contributed by atoms with E-state index >= 15 is 0 Å². The molecule has 18 heavy (non-hydrogen) atoms. The van der Waals surface area contributed by atoms with Crippen molar-refractivity contribution in [3.63, 3.8) is 0 Å². The predicted molar refractivity (Wildman–Crippen MR) is 64.8 cm³/mol. The van der Waals surface area contributed by atoms with Crippen molar-refractivity contribution in [3.8, 4) is 0 Å². The quantitative estimate of drug-likeness (QED) is 0.761. The van der Waals surface area contributed by atoms with Crippen molar-refractivity contribution in [3.05, 3.63) is 29.8 Å². The topological polar surface area (TPSA) is 78.5 Å². The molecule has 1 aliphatic rings. The smallest absolute Gasteiger partial charge is 0.324 e. The average Bonchev–Trinajstić information content (AvgIpc) is 2.57. The second-order valence-electron chi connectivity index (χ2n) is 4.08. The summed E-state index contributed by atoms with van der Waals surface area (Å²) >= 11 is 0. The number of anilines is 1. The molecule has 0 spiro atoms. The van der Waals surface area contributed by atoms with Gasteiger partial charge in [0.05, 0.1) is 0 Å². The van der Waals surface area contributed by atoms with Crippen LogP contribution in [-0.4, -0.2) is 29.8 Å². The molecule has 0 saturated carbocycles. The van der Waals surface area contributed by atoms with Crippen molar-refractivity contribution in [1.82, 2.24) is 10.2 Å². The van der Waals surface area contributed by atoms with Crippen LogP contribution in [0.2, 0.25) is 0 Å². The Morgan fingerprint density at radius 2 is 1.89 bits per heavy atom. The van der Waals surface area contributed by atoms with Crippen molar-refractivity contribution in [2.75, 3.05) is 12.4 Å². The maximum Gasteiger partial charge on any atom is 0.324 e. The minimum absolute atomic E-state index is 0.160. The van der Waals surface area contributed by atoms with Gasteiger partial charge in [-0.3, -0.25) is 14.5 Å². The molecule has 1 heterocycles. The number of carbonyl (C=O) groups excluding carboxylic acids is 3. The van der Waals surface area contributed by atoms with E-state index in [-0.39, 0.29) is 11.8 Å². The van der Waals surface area contributed by atoms with Crippen LogP contribution >= 0.6 is 0 Å². The van der Waals surface area contributed by atoms with Crippen LogP contribution in [0, 0.1) is 0 Å². The van der Waals surface area contributed by atoms with Crippen LogP contribution in [0.5, 0.6) is 0 Å². The third kappa shape index (κ3) is 2.17. The summed E-state index contributed by atoms with van der Waals surface area (Å²) in [5, 5.41) is 5.21. The van der Waals surface area contributed by atoms with E-state index < -0.39 is 12.1 Å². The molecular weight excluding hydrogens is 234 g/mol. The first-order valence-electron chi connectivity index (χ1n) is 5.44. The first-order chi connectivity index (χ1) is 8.49. The fourth-order valence-electron chi connectivity index (χ4n) is 1.76. The summed E-state index contributed by atoms with van der Waals surface area (Å²) in [5.74, 6) is -0.444. The number of hydrogen-bond donors (Lipinski definition) is 2. The van der Waals surface area contributed by atoms with Gasteiger partial charge in [-0.15, -0.1) is 0 Å². The van der Waals surface area contributed by atoms with Gasteiger partial charge in [0.15, 0.2) is 0 Å². The lowest BCUT2D eigenvalue weighted by molar-refractivity contribution is -0.126. The maximum absolute atomic E-state index is 11.8.